The zero-order valence-electron chi connectivity index (χ0n) is 6.10. The molecule has 1 aromatic rings. The van der Waals surface area contributed by atoms with Crippen LogP contribution in [-0.4, -0.2) is 0 Å². The monoisotopic (exact) mass is 166 g/mol. The number of hydrogen-bond donors (Lipinski definition) is 1. The Balaban J connectivity index is 2.42. The van der Waals surface area contributed by atoms with Gasteiger partial charge in [-0.2, -0.15) is 0 Å². The van der Waals surface area contributed by atoms with Crippen molar-refractivity contribution >= 4 is 17.3 Å². The van der Waals surface area contributed by atoms with E-state index < -0.39 is 0 Å². The second kappa shape index (κ2) is 2.42. The molecule has 1 nitrogen and oxygen atoms in total. The Morgan fingerprint density at radius 2 is 2.00 bits per heavy atom. The molecule has 1 aromatic carbocycles. The summed E-state index contributed by atoms with van der Waals surface area (Å²) in [6.45, 7) is 0. The topological polar surface area (TPSA) is 26.0 Å². The molecule has 0 aromatic heterocycles. The third-order valence-corrected chi connectivity index (χ3v) is 2.20. The molecule has 0 amide bonds. The fourth-order valence-corrected chi connectivity index (χ4v) is 1.40. The van der Waals surface area contributed by atoms with Gasteiger partial charge in [-0.3, -0.25) is 0 Å². The molecule has 1 radical (unpaired) electrons. The number of nitrogen functional groups attached to an aromatic ring is 1. The van der Waals surface area contributed by atoms with Crippen molar-refractivity contribution in [3.63, 3.8) is 0 Å². The molecule has 1 aliphatic carbocycles. The van der Waals surface area contributed by atoms with E-state index in [1.165, 1.54) is 18.8 Å². The maximum atomic E-state index is 5.95. The molecule has 1 aliphatic rings. The second-order valence-corrected chi connectivity index (χ2v) is 3.25. The van der Waals surface area contributed by atoms with Crippen LogP contribution in [0.2, 0.25) is 5.02 Å². The van der Waals surface area contributed by atoms with Crippen LogP contribution in [0.25, 0.3) is 0 Å². The molecule has 1 saturated carbocycles. The molecule has 2 N–H and O–H groups in total. The summed E-state index contributed by atoms with van der Waals surface area (Å²) in [5, 5.41) is 0.826. The number of nitrogens with two attached hydrogens (primary N) is 1. The first-order valence-corrected chi connectivity index (χ1v) is 4.05. The first-order chi connectivity index (χ1) is 5.27. The summed E-state index contributed by atoms with van der Waals surface area (Å²) in [6, 6.07) is 5.64. The number of benzene rings is 1. The van der Waals surface area contributed by atoms with Gasteiger partial charge >= 0.3 is 0 Å². The summed E-state index contributed by atoms with van der Waals surface area (Å²) < 4.78 is 0. The van der Waals surface area contributed by atoms with E-state index in [1.807, 2.05) is 18.2 Å². The molecule has 0 atom stereocenters. The highest BCUT2D eigenvalue weighted by molar-refractivity contribution is 6.31. The molecule has 2 rings (SSSR count). The third kappa shape index (κ3) is 1.33. The van der Waals surface area contributed by atoms with Gasteiger partial charge in [-0.05, 0) is 36.6 Å². The van der Waals surface area contributed by atoms with Crippen molar-refractivity contribution < 1.29 is 0 Å². The van der Waals surface area contributed by atoms with E-state index in [0.29, 0.717) is 0 Å². The number of anilines is 1. The molecular formula is C9H9ClN. The van der Waals surface area contributed by atoms with Crippen molar-refractivity contribution in [1.82, 2.24) is 0 Å². The predicted molar refractivity (Wildman–Crippen MR) is 47.4 cm³/mol. The number of rotatable bonds is 1. The Labute approximate surface area is 71.2 Å². The van der Waals surface area contributed by atoms with Gasteiger partial charge in [0.1, 0.15) is 0 Å². The highest BCUT2D eigenvalue weighted by Crippen LogP contribution is 2.42. The van der Waals surface area contributed by atoms with E-state index in [-0.39, 0.29) is 0 Å². The first kappa shape index (κ1) is 6.99. The van der Waals surface area contributed by atoms with E-state index >= 15 is 0 Å². The lowest BCUT2D eigenvalue weighted by Gasteiger charge is -2.01. The zero-order chi connectivity index (χ0) is 7.84. The Bertz CT molecular complexity index is 279. The quantitative estimate of drug-likeness (QED) is 0.638. The lowest BCUT2D eigenvalue weighted by Crippen LogP contribution is -1.88. The summed E-state index contributed by atoms with van der Waals surface area (Å²) >= 11 is 5.95. The van der Waals surface area contributed by atoms with Crippen LogP contribution in [-0.2, 0) is 0 Å². The molecule has 1 fully saturated rings. The van der Waals surface area contributed by atoms with Crippen LogP contribution >= 0.6 is 11.6 Å². The van der Waals surface area contributed by atoms with Crippen molar-refractivity contribution in [1.29, 1.82) is 0 Å². The maximum absolute atomic E-state index is 5.95. The second-order valence-electron chi connectivity index (χ2n) is 2.84. The van der Waals surface area contributed by atoms with Gasteiger partial charge in [-0.25, -0.2) is 0 Å². The minimum Gasteiger partial charge on any atom is -0.399 e. The van der Waals surface area contributed by atoms with Gasteiger partial charge in [0.25, 0.3) is 0 Å². The molecule has 0 saturated heterocycles. The van der Waals surface area contributed by atoms with Crippen molar-refractivity contribution in [2.45, 2.75) is 12.8 Å². The van der Waals surface area contributed by atoms with Gasteiger partial charge in [-0.1, -0.05) is 11.6 Å². The molecule has 0 bridgehead atoms. The van der Waals surface area contributed by atoms with Crippen LogP contribution in [0.3, 0.4) is 0 Å². The zero-order valence-corrected chi connectivity index (χ0v) is 6.86. The lowest BCUT2D eigenvalue weighted by molar-refractivity contribution is 1.41. The summed E-state index contributed by atoms with van der Waals surface area (Å²) in [5.74, 6) is 1.43. The minimum absolute atomic E-state index is 0.795. The van der Waals surface area contributed by atoms with Crippen molar-refractivity contribution in [3.05, 3.63) is 34.7 Å². The van der Waals surface area contributed by atoms with Gasteiger partial charge in [-0.15, -0.1) is 0 Å². The van der Waals surface area contributed by atoms with E-state index in [0.717, 1.165) is 16.3 Å². The molecule has 0 spiro atoms. The van der Waals surface area contributed by atoms with E-state index in [9.17, 15) is 0 Å². The lowest BCUT2D eigenvalue weighted by atomic mass is 10.1. The highest BCUT2D eigenvalue weighted by Gasteiger charge is 2.26. The Kier molecular flexibility index (Phi) is 1.53. The van der Waals surface area contributed by atoms with Gasteiger partial charge in [0.15, 0.2) is 0 Å². The SMILES string of the molecule is Nc1ccc(Cl)c([C]2CC2)c1. The molecule has 57 valence electrons. The molecule has 0 unspecified atom stereocenters. The van der Waals surface area contributed by atoms with E-state index in [1.54, 1.807) is 0 Å². The van der Waals surface area contributed by atoms with Gasteiger partial charge in [0, 0.05) is 16.6 Å². The summed E-state index contributed by atoms with van der Waals surface area (Å²) in [4.78, 5) is 0. The summed E-state index contributed by atoms with van der Waals surface area (Å²) in [7, 11) is 0. The van der Waals surface area contributed by atoms with Crippen molar-refractivity contribution in [2.75, 3.05) is 5.73 Å². The standard InChI is InChI=1S/C9H9ClN/c10-9-4-3-7(11)5-8(9)6-1-2-6/h3-5H,1-2,11H2. The van der Waals surface area contributed by atoms with Gasteiger partial charge in [0.2, 0.25) is 0 Å². The molecular weight excluding hydrogens is 158 g/mol. The van der Waals surface area contributed by atoms with Crippen LogP contribution in [0.5, 0.6) is 0 Å². The Hall–Kier alpha value is -0.690. The largest absolute Gasteiger partial charge is 0.399 e. The van der Waals surface area contributed by atoms with Crippen molar-refractivity contribution in [2.24, 2.45) is 0 Å². The molecule has 2 heteroatoms. The van der Waals surface area contributed by atoms with Crippen molar-refractivity contribution in [3.8, 4) is 0 Å². The minimum atomic E-state index is 0.795. The molecule has 0 aliphatic heterocycles. The average Bonchev–Trinajstić information content (AvgIpc) is 2.76. The summed E-state index contributed by atoms with van der Waals surface area (Å²) in [6.07, 6.45) is 2.37. The maximum Gasteiger partial charge on any atom is 0.0445 e. The highest BCUT2D eigenvalue weighted by atomic mass is 35.5. The van der Waals surface area contributed by atoms with Crippen LogP contribution in [0.4, 0.5) is 5.69 Å². The van der Waals surface area contributed by atoms with Crippen LogP contribution < -0.4 is 5.73 Å². The molecule has 0 heterocycles. The van der Waals surface area contributed by atoms with Crippen LogP contribution in [0.15, 0.2) is 18.2 Å². The van der Waals surface area contributed by atoms with E-state index in [2.05, 4.69) is 0 Å². The fraction of sp³-hybridized carbons (Fsp3) is 0.222. The fourth-order valence-electron chi connectivity index (χ4n) is 1.15. The number of halogens is 1. The van der Waals surface area contributed by atoms with E-state index in [4.69, 9.17) is 17.3 Å². The number of hydrogen-bond acceptors (Lipinski definition) is 1. The smallest absolute Gasteiger partial charge is 0.0445 e. The Morgan fingerprint density at radius 3 is 2.64 bits per heavy atom. The van der Waals surface area contributed by atoms with Crippen LogP contribution in [0, 0.1) is 5.92 Å². The predicted octanol–water partition coefficient (Wildman–Crippen LogP) is 2.64. The average molecular weight is 167 g/mol. The van der Waals surface area contributed by atoms with Gasteiger partial charge in [0.05, 0.1) is 0 Å². The normalized spacial score (nSPS) is 16.8. The Morgan fingerprint density at radius 1 is 1.27 bits per heavy atom. The van der Waals surface area contributed by atoms with Crippen LogP contribution in [0.1, 0.15) is 18.4 Å². The van der Waals surface area contributed by atoms with Gasteiger partial charge < -0.3 is 5.73 Å². The third-order valence-electron chi connectivity index (χ3n) is 1.87. The summed E-state index contributed by atoms with van der Waals surface area (Å²) in [5.41, 5.74) is 7.56. The molecule has 11 heavy (non-hydrogen) atoms. The first-order valence-electron chi connectivity index (χ1n) is 3.67.